The Hall–Kier alpha value is -4.58. The molecule has 0 radical (unpaired) electrons. The van der Waals surface area contributed by atoms with E-state index in [0.717, 1.165) is 18.2 Å². The standard InChI is InChI=1S/C26H26F2N6O4/c1-15-21(37-11-10-33(2)3)13-34-23(15)26(30-14-31-34)38-20-9-4-16(12-19(20)28)22(24(29)35)25(36)32-18-7-5-17(27)6-8-18/h4-9,12-14,22H,10-11H2,1-3H3,(H2,29,35)(H,32,36). The summed E-state index contributed by atoms with van der Waals surface area (Å²) in [6.07, 6.45) is 2.95. The molecular formula is C26H26F2N6O4. The summed E-state index contributed by atoms with van der Waals surface area (Å²) in [4.78, 5) is 30.9. The largest absolute Gasteiger partial charge is 0.490 e. The zero-order chi connectivity index (χ0) is 27.4. The van der Waals surface area contributed by atoms with Crippen LogP contribution in [0.3, 0.4) is 0 Å². The molecule has 3 N–H and O–H groups in total. The van der Waals surface area contributed by atoms with E-state index in [4.69, 9.17) is 15.2 Å². The maximum atomic E-state index is 15.1. The van der Waals surface area contributed by atoms with Crippen molar-refractivity contribution in [1.29, 1.82) is 0 Å². The SMILES string of the molecule is Cc1c(OCCN(C)C)cn2ncnc(Oc3ccc(C(C(N)=O)C(=O)Nc4ccc(F)cc4)cc3F)c12. The Morgan fingerprint density at radius 1 is 1.13 bits per heavy atom. The Balaban J connectivity index is 1.56. The minimum Gasteiger partial charge on any atom is -0.490 e. The normalized spacial score (nSPS) is 11.9. The summed E-state index contributed by atoms with van der Waals surface area (Å²) in [5.74, 6) is -4.11. The molecule has 1 atom stereocenters. The summed E-state index contributed by atoms with van der Waals surface area (Å²) >= 11 is 0. The van der Waals surface area contributed by atoms with Gasteiger partial charge in [0.2, 0.25) is 17.7 Å². The first-order valence-corrected chi connectivity index (χ1v) is 11.6. The van der Waals surface area contributed by atoms with Gasteiger partial charge in [0.05, 0.1) is 6.20 Å². The Labute approximate surface area is 217 Å². The first-order valence-electron chi connectivity index (χ1n) is 11.6. The number of halogens is 2. The highest BCUT2D eigenvalue weighted by Crippen LogP contribution is 2.33. The third-order valence-corrected chi connectivity index (χ3v) is 5.70. The molecule has 4 rings (SSSR count). The van der Waals surface area contributed by atoms with Gasteiger partial charge in [-0.2, -0.15) is 10.1 Å². The number of aryl methyl sites for hydroxylation is 1. The number of hydrogen-bond acceptors (Lipinski definition) is 7. The van der Waals surface area contributed by atoms with Crippen LogP contribution in [-0.4, -0.2) is 58.6 Å². The van der Waals surface area contributed by atoms with Crippen LogP contribution in [-0.2, 0) is 9.59 Å². The number of hydrogen-bond donors (Lipinski definition) is 2. The van der Waals surface area contributed by atoms with Crippen LogP contribution < -0.4 is 20.5 Å². The van der Waals surface area contributed by atoms with Crippen LogP contribution in [0.25, 0.3) is 5.52 Å². The molecule has 0 bridgehead atoms. The smallest absolute Gasteiger partial charge is 0.247 e. The average molecular weight is 525 g/mol. The van der Waals surface area contributed by atoms with Gasteiger partial charge < -0.3 is 25.4 Å². The van der Waals surface area contributed by atoms with E-state index in [9.17, 15) is 14.0 Å². The van der Waals surface area contributed by atoms with E-state index >= 15 is 4.39 Å². The first kappa shape index (κ1) is 26.5. The fraction of sp³-hybridized carbons (Fsp3) is 0.231. The summed E-state index contributed by atoms with van der Waals surface area (Å²) in [6.45, 7) is 2.99. The number of nitrogens with zero attached hydrogens (tertiary/aromatic N) is 4. The number of carbonyl (C=O) groups excluding carboxylic acids is 2. The van der Waals surface area contributed by atoms with Crippen molar-refractivity contribution < 1.29 is 27.8 Å². The van der Waals surface area contributed by atoms with Crippen molar-refractivity contribution in [3.8, 4) is 17.4 Å². The van der Waals surface area contributed by atoms with E-state index in [0.29, 0.717) is 30.0 Å². The zero-order valence-corrected chi connectivity index (χ0v) is 20.9. The number of anilines is 1. The molecule has 0 spiro atoms. The second-order valence-electron chi connectivity index (χ2n) is 8.75. The van der Waals surface area contributed by atoms with Crippen molar-refractivity contribution in [3.63, 3.8) is 0 Å². The number of fused-ring (bicyclic) bond motifs is 1. The van der Waals surface area contributed by atoms with E-state index in [2.05, 4.69) is 15.4 Å². The van der Waals surface area contributed by atoms with Crippen molar-refractivity contribution in [2.45, 2.75) is 12.8 Å². The molecule has 38 heavy (non-hydrogen) atoms. The van der Waals surface area contributed by atoms with Gasteiger partial charge in [0.15, 0.2) is 11.6 Å². The fourth-order valence-corrected chi connectivity index (χ4v) is 3.74. The van der Waals surface area contributed by atoms with Gasteiger partial charge in [0.25, 0.3) is 0 Å². The quantitative estimate of drug-likeness (QED) is 0.305. The Kier molecular flexibility index (Phi) is 7.82. The number of ether oxygens (including phenoxy) is 2. The van der Waals surface area contributed by atoms with E-state index in [1.807, 2.05) is 25.9 Å². The summed E-state index contributed by atoms with van der Waals surface area (Å²) in [5.41, 5.74) is 6.92. The molecule has 0 saturated heterocycles. The monoisotopic (exact) mass is 524 g/mol. The molecule has 4 aromatic rings. The maximum Gasteiger partial charge on any atom is 0.247 e. The molecule has 198 valence electrons. The van der Waals surface area contributed by atoms with Crippen LogP contribution in [0.2, 0.25) is 0 Å². The highest BCUT2D eigenvalue weighted by atomic mass is 19.1. The van der Waals surface area contributed by atoms with Gasteiger partial charge in [-0.1, -0.05) is 6.07 Å². The molecule has 12 heteroatoms. The number of aromatic nitrogens is 3. The minimum absolute atomic E-state index is 0.0187. The topological polar surface area (TPSA) is 124 Å². The number of rotatable bonds is 10. The summed E-state index contributed by atoms with van der Waals surface area (Å²) < 4.78 is 41.4. The molecule has 0 fully saturated rings. The average Bonchev–Trinajstić information content (AvgIpc) is 3.18. The highest BCUT2D eigenvalue weighted by Gasteiger charge is 2.28. The molecule has 2 aromatic carbocycles. The van der Waals surface area contributed by atoms with Gasteiger partial charge in [-0.05, 0) is 63.0 Å². The summed E-state index contributed by atoms with van der Waals surface area (Å²) in [7, 11) is 3.88. The molecule has 2 heterocycles. The lowest BCUT2D eigenvalue weighted by atomic mass is 9.97. The molecule has 0 aliphatic carbocycles. The molecule has 0 saturated carbocycles. The number of benzene rings is 2. The Morgan fingerprint density at radius 3 is 2.53 bits per heavy atom. The van der Waals surface area contributed by atoms with Crippen LogP contribution in [0, 0.1) is 18.6 Å². The number of amides is 2. The lowest BCUT2D eigenvalue weighted by Gasteiger charge is -2.15. The van der Waals surface area contributed by atoms with Crippen molar-refractivity contribution in [1.82, 2.24) is 19.5 Å². The predicted octanol–water partition coefficient (Wildman–Crippen LogP) is 3.26. The lowest BCUT2D eigenvalue weighted by Crippen LogP contribution is -2.32. The molecule has 1 unspecified atom stereocenters. The summed E-state index contributed by atoms with van der Waals surface area (Å²) in [5, 5.41) is 6.65. The Bertz CT molecular complexity index is 1470. The molecule has 2 amide bonds. The van der Waals surface area contributed by atoms with Crippen LogP contribution in [0.1, 0.15) is 17.0 Å². The number of nitrogens with one attached hydrogen (secondary N) is 1. The third kappa shape index (κ3) is 5.86. The van der Waals surface area contributed by atoms with Gasteiger partial charge in [0.1, 0.15) is 35.9 Å². The van der Waals surface area contributed by atoms with E-state index < -0.39 is 29.4 Å². The van der Waals surface area contributed by atoms with Gasteiger partial charge in [-0.15, -0.1) is 0 Å². The van der Waals surface area contributed by atoms with Crippen LogP contribution in [0.5, 0.6) is 17.4 Å². The number of nitrogens with two attached hydrogens (primary N) is 1. The van der Waals surface area contributed by atoms with Crippen molar-refractivity contribution in [2.75, 3.05) is 32.6 Å². The van der Waals surface area contributed by atoms with Crippen molar-refractivity contribution in [3.05, 3.63) is 77.8 Å². The van der Waals surface area contributed by atoms with Crippen LogP contribution >= 0.6 is 0 Å². The molecular weight excluding hydrogens is 498 g/mol. The molecule has 10 nitrogen and oxygen atoms in total. The van der Waals surface area contributed by atoms with Gasteiger partial charge in [-0.3, -0.25) is 9.59 Å². The Morgan fingerprint density at radius 2 is 1.87 bits per heavy atom. The number of primary amides is 1. The summed E-state index contributed by atoms with van der Waals surface area (Å²) in [6, 6.07) is 8.58. The van der Waals surface area contributed by atoms with Crippen molar-refractivity contribution >= 4 is 23.0 Å². The van der Waals surface area contributed by atoms with Crippen LogP contribution in [0.4, 0.5) is 14.5 Å². The molecule has 0 aliphatic rings. The van der Waals surface area contributed by atoms with Gasteiger partial charge >= 0.3 is 0 Å². The van der Waals surface area contributed by atoms with Gasteiger partial charge in [0, 0.05) is 17.8 Å². The molecule has 0 aliphatic heterocycles. The zero-order valence-electron chi connectivity index (χ0n) is 20.9. The number of likely N-dealkylation sites (N-methyl/N-ethyl adjacent to an activating group) is 1. The van der Waals surface area contributed by atoms with Crippen molar-refractivity contribution in [2.24, 2.45) is 5.73 Å². The second kappa shape index (κ2) is 11.2. The van der Waals surface area contributed by atoms with Crippen LogP contribution in [0.15, 0.2) is 55.0 Å². The lowest BCUT2D eigenvalue weighted by molar-refractivity contribution is -0.127. The first-order chi connectivity index (χ1) is 18.1. The third-order valence-electron chi connectivity index (χ3n) is 5.70. The second-order valence-corrected chi connectivity index (χ2v) is 8.75. The molecule has 2 aromatic heterocycles. The highest BCUT2D eigenvalue weighted by molar-refractivity contribution is 6.10. The minimum atomic E-state index is -1.50. The van der Waals surface area contributed by atoms with E-state index in [1.54, 1.807) is 6.20 Å². The van der Waals surface area contributed by atoms with E-state index in [1.165, 1.54) is 35.1 Å². The number of carbonyl (C=O) groups is 2. The maximum absolute atomic E-state index is 15.1. The predicted molar refractivity (Wildman–Crippen MR) is 135 cm³/mol. The van der Waals surface area contributed by atoms with Gasteiger partial charge in [-0.25, -0.2) is 13.3 Å². The van der Waals surface area contributed by atoms with E-state index in [-0.39, 0.29) is 22.9 Å². The fourth-order valence-electron chi connectivity index (χ4n) is 3.74.